The van der Waals surface area contributed by atoms with Gasteiger partial charge in [-0.2, -0.15) is 0 Å². The van der Waals surface area contributed by atoms with Crippen LogP contribution in [0.3, 0.4) is 0 Å². The summed E-state index contributed by atoms with van der Waals surface area (Å²) >= 11 is 0. The van der Waals surface area contributed by atoms with E-state index in [-0.39, 0.29) is 12.3 Å². The first-order valence-corrected chi connectivity index (χ1v) is 6.99. The van der Waals surface area contributed by atoms with Crippen molar-refractivity contribution < 1.29 is 12.8 Å². The van der Waals surface area contributed by atoms with Crippen LogP contribution in [0.15, 0.2) is 22.6 Å². The van der Waals surface area contributed by atoms with Gasteiger partial charge in [0.2, 0.25) is 10.0 Å². The van der Waals surface area contributed by atoms with E-state index in [1.165, 1.54) is 0 Å². The van der Waals surface area contributed by atoms with E-state index in [1.54, 1.807) is 19.9 Å². The Morgan fingerprint density at radius 1 is 1.41 bits per heavy atom. The predicted octanol–water partition coefficient (Wildman–Crippen LogP) is 1.58. The Balaban J connectivity index is 2.19. The van der Waals surface area contributed by atoms with E-state index in [1.807, 2.05) is 12.1 Å². The summed E-state index contributed by atoms with van der Waals surface area (Å²) in [5.41, 5.74) is 2.32. The van der Waals surface area contributed by atoms with Crippen LogP contribution in [-0.4, -0.2) is 19.2 Å². The molecule has 0 saturated carbocycles. The van der Waals surface area contributed by atoms with Gasteiger partial charge in [-0.3, -0.25) is 0 Å². The van der Waals surface area contributed by atoms with Gasteiger partial charge in [0.05, 0.1) is 5.75 Å². The molecule has 17 heavy (non-hydrogen) atoms. The molecule has 2 rings (SSSR count). The molecule has 6 heteroatoms. The summed E-state index contributed by atoms with van der Waals surface area (Å²) in [6.45, 7) is 3.66. The fourth-order valence-corrected chi connectivity index (χ4v) is 2.08. The molecule has 0 fully saturated rings. The third kappa shape index (κ3) is 2.83. The molecule has 0 spiro atoms. The van der Waals surface area contributed by atoms with Crippen molar-refractivity contribution >= 4 is 21.1 Å². The normalized spacial score (nSPS) is 12.1. The molecular weight excluding hydrogens is 240 g/mol. The van der Waals surface area contributed by atoms with Crippen molar-refractivity contribution in [1.29, 1.82) is 0 Å². The summed E-state index contributed by atoms with van der Waals surface area (Å²) in [6, 6.07) is 5.44. The summed E-state index contributed by atoms with van der Waals surface area (Å²) < 4.78 is 30.4. The molecule has 0 aliphatic rings. The molecule has 0 bridgehead atoms. The van der Waals surface area contributed by atoms with Gasteiger partial charge in [0.1, 0.15) is 5.52 Å². The third-order valence-electron chi connectivity index (χ3n) is 2.44. The standard InChI is InChI=1S/C11H14N2O3S/c1-3-17(14,15)12-7-9-4-5-11-10(6-9)13-8(2)16-11/h4-6,12H,3,7H2,1-2H3. The second-order valence-electron chi connectivity index (χ2n) is 3.76. The van der Waals surface area contributed by atoms with E-state index in [0.29, 0.717) is 11.5 Å². The lowest BCUT2D eigenvalue weighted by atomic mass is 10.2. The number of aromatic nitrogens is 1. The quantitative estimate of drug-likeness (QED) is 0.899. The molecule has 0 radical (unpaired) electrons. The minimum atomic E-state index is -3.16. The van der Waals surface area contributed by atoms with Crippen molar-refractivity contribution in [3.05, 3.63) is 29.7 Å². The van der Waals surface area contributed by atoms with E-state index in [9.17, 15) is 8.42 Å². The van der Waals surface area contributed by atoms with Crippen molar-refractivity contribution in [2.24, 2.45) is 0 Å². The van der Waals surface area contributed by atoms with Crippen LogP contribution < -0.4 is 4.72 Å². The molecule has 2 aromatic rings. The first-order valence-electron chi connectivity index (χ1n) is 5.33. The number of hydrogen-bond donors (Lipinski definition) is 1. The van der Waals surface area contributed by atoms with E-state index >= 15 is 0 Å². The van der Waals surface area contributed by atoms with Gasteiger partial charge in [0.25, 0.3) is 0 Å². The van der Waals surface area contributed by atoms with Gasteiger partial charge in [-0.25, -0.2) is 18.1 Å². The molecule has 0 aliphatic heterocycles. The minimum Gasteiger partial charge on any atom is -0.441 e. The zero-order chi connectivity index (χ0) is 12.5. The first kappa shape index (κ1) is 12.1. The number of hydrogen-bond acceptors (Lipinski definition) is 4. The van der Waals surface area contributed by atoms with Crippen LogP contribution in [0, 0.1) is 6.92 Å². The van der Waals surface area contributed by atoms with E-state index in [0.717, 1.165) is 11.1 Å². The van der Waals surface area contributed by atoms with Crippen LogP contribution in [0.2, 0.25) is 0 Å². The van der Waals surface area contributed by atoms with Crippen LogP contribution >= 0.6 is 0 Å². The number of fused-ring (bicyclic) bond motifs is 1. The summed E-state index contributed by atoms with van der Waals surface area (Å²) in [4.78, 5) is 4.19. The van der Waals surface area contributed by atoms with E-state index in [2.05, 4.69) is 9.71 Å². The fraction of sp³-hybridized carbons (Fsp3) is 0.364. The van der Waals surface area contributed by atoms with Crippen molar-refractivity contribution in [2.45, 2.75) is 20.4 Å². The Morgan fingerprint density at radius 3 is 2.88 bits per heavy atom. The molecular formula is C11H14N2O3S. The van der Waals surface area contributed by atoms with Gasteiger partial charge < -0.3 is 4.42 Å². The average Bonchev–Trinajstić information content (AvgIpc) is 2.66. The number of benzene rings is 1. The van der Waals surface area contributed by atoms with Gasteiger partial charge in [-0.1, -0.05) is 6.07 Å². The smallest absolute Gasteiger partial charge is 0.211 e. The largest absolute Gasteiger partial charge is 0.441 e. The zero-order valence-electron chi connectivity index (χ0n) is 9.73. The number of nitrogens with zero attached hydrogens (tertiary/aromatic N) is 1. The molecule has 1 N–H and O–H groups in total. The molecule has 1 aromatic carbocycles. The Bertz CT molecular complexity index is 631. The fourth-order valence-electron chi connectivity index (χ4n) is 1.49. The summed E-state index contributed by atoms with van der Waals surface area (Å²) in [5, 5.41) is 0. The van der Waals surface area contributed by atoms with Crippen molar-refractivity contribution in [1.82, 2.24) is 9.71 Å². The Morgan fingerprint density at radius 2 is 2.18 bits per heavy atom. The van der Waals surface area contributed by atoms with Crippen LogP contribution in [0.4, 0.5) is 0 Å². The lowest BCUT2D eigenvalue weighted by Crippen LogP contribution is -2.24. The van der Waals surface area contributed by atoms with Crippen LogP contribution in [-0.2, 0) is 16.6 Å². The molecule has 1 heterocycles. The van der Waals surface area contributed by atoms with Crippen LogP contribution in [0.5, 0.6) is 0 Å². The van der Waals surface area contributed by atoms with Crippen molar-refractivity contribution in [2.75, 3.05) is 5.75 Å². The topological polar surface area (TPSA) is 72.2 Å². The minimum absolute atomic E-state index is 0.0817. The van der Waals surface area contributed by atoms with Crippen LogP contribution in [0.25, 0.3) is 11.1 Å². The predicted molar refractivity (Wildman–Crippen MR) is 65.0 cm³/mol. The van der Waals surface area contributed by atoms with Gasteiger partial charge in [0.15, 0.2) is 11.5 Å². The Labute approximate surface area is 99.9 Å². The Kier molecular flexibility index (Phi) is 3.17. The SMILES string of the molecule is CCS(=O)(=O)NCc1ccc2oc(C)nc2c1. The third-order valence-corrected chi connectivity index (χ3v) is 3.78. The summed E-state index contributed by atoms with van der Waals surface area (Å²) in [5.74, 6) is 0.685. The van der Waals surface area contributed by atoms with E-state index in [4.69, 9.17) is 4.42 Å². The van der Waals surface area contributed by atoms with E-state index < -0.39 is 10.0 Å². The molecule has 0 aliphatic carbocycles. The number of sulfonamides is 1. The summed E-state index contributed by atoms with van der Waals surface area (Å²) in [6.07, 6.45) is 0. The van der Waals surface area contributed by atoms with Gasteiger partial charge in [-0.05, 0) is 24.6 Å². The highest BCUT2D eigenvalue weighted by Crippen LogP contribution is 2.16. The molecule has 0 atom stereocenters. The lowest BCUT2D eigenvalue weighted by Gasteiger charge is -2.03. The summed E-state index contributed by atoms with van der Waals surface area (Å²) in [7, 11) is -3.16. The second kappa shape index (κ2) is 4.46. The van der Waals surface area contributed by atoms with Gasteiger partial charge >= 0.3 is 0 Å². The zero-order valence-corrected chi connectivity index (χ0v) is 10.5. The lowest BCUT2D eigenvalue weighted by molar-refractivity contribution is 0.561. The van der Waals surface area contributed by atoms with Crippen molar-refractivity contribution in [3.63, 3.8) is 0 Å². The highest BCUT2D eigenvalue weighted by molar-refractivity contribution is 7.89. The molecule has 1 aromatic heterocycles. The van der Waals surface area contributed by atoms with Gasteiger partial charge in [-0.15, -0.1) is 0 Å². The second-order valence-corrected chi connectivity index (χ2v) is 5.86. The Hall–Kier alpha value is -1.40. The van der Waals surface area contributed by atoms with Crippen molar-refractivity contribution in [3.8, 4) is 0 Å². The monoisotopic (exact) mass is 254 g/mol. The molecule has 0 saturated heterocycles. The maximum absolute atomic E-state index is 11.3. The first-order chi connectivity index (χ1) is 8.00. The highest BCUT2D eigenvalue weighted by atomic mass is 32.2. The maximum Gasteiger partial charge on any atom is 0.211 e. The van der Waals surface area contributed by atoms with Gasteiger partial charge in [0, 0.05) is 13.5 Å². The van der Waals surface area contributed by atoms with Crippen LogP contribution in [0.1, 0.15) is 18.4 Å². The molecule has 0 amide bonds. The number of rotatable bonds is 4. The molecule has 5 nitrogen and oxygen atoms in total. The number of nitrogens with one attached hydrogen (secondary N) is 1. The molecule has 0 unspecified atom stereocenters. The number of aryl methyl sites for hydroxylation is 1. The average molecular weight is 254 g/mol. The maximum atomic E-state index is 11.3. The molecule has 92 valence electrons. The number of oxazole rings is 1. The highest BCUT2D eigenvalue weighted by Gasteiger charge is 2.07.